The van der Waals surface area contributed by atoms with Gasteiger partial charge in [-0.05, 0) is 18.2 Å². The summed E-state index contributed by atoms with van der Waals surface area (Å²) in [6, 6.07) is 7.90. The molecule has 0 aliphatic rings. The molecule has 3 rings (SSSR count). The molecule has 0 unspecified atom stereocenters. The SMILES string of the molecule is Nc1cc(-c2cc(=O)c3c(O)cc(O)cc3o2)ccc1O. The lowest BCUT2D eigenvalue weighted by Gasteiger charge is -2.06. The molecule has 6 nitrogen and oxygen atoms in total. The number of anilines is 1. The fourth-order valence-electron chi connectivity index (χ4n) is 2.10. The number of benzene rings is 2. The van der Waals surface area contributed by atoms with Crippen molar-refractivity contribution in [2.75, 3.05) is 5.73 Å². The van der Waals surface area contributed by atoms with Crippen molar-refractivity contribution in [2.45, 2.75) is 0 Å². The molecular formula is C15H11NO5. The summed E-state index contributed by atoms with van der Waals surface area (Å²) < 4.78 is 5.53. The fraction of sp³-hybridized carbons (Fsp3) is 0. The third-order valence-electron chi connectivity index (χ3n) is 3.11. The van der Waals surface area contributed by atoms with E-state index in [0.29, 0.717) is 5.56 Å². The Morgan fingerprint density at radius 1 is 0.952 bits per heavy atom. The first kappa shape index (κ1) is 12.9. The molecule has 0 atom stereocenters. The van der Waals surface area contributed by atoms with Crippen molar-refractivity contribution in [1.82, 2.24) is 0 Å². The zero-order chi connectivity index (χ0) is 15.1. The molecule has 0 bridgehead atoms. The summed E-state index contributed by atoms with van der Waals surface area (Å²) in [5, 5.41) is 28.6. The molecule has 0 aliphatic heterocycles. The minimum atomic E-state index is -0.449. The summed E-state index contributed by atoms with van der Waals surface area (Å²) in [6.07, 6.45) is 0. The van der Waals surface area contributed by atoms with Gasteiger partial charge in [-0.3, -0.25) is 4.79 Å². The van der Waals surface area contributed by atoms with Gasteiger partial charge in [-0.2, -0.15) is 0 Å². The first-order valence-corrected chi connectivity index (χ1v) is 6.04. The highest BCUT2D eigenvalue weighted by Gasteiger charge is 2.12. The van der Waals surface area contributed by atoms with Crippen LogP contribution in [0.3, 0.4) is 0 Å². The van der Waals surface area contributed by atoms with Gasteiger partial charge in [0, 0.05) is 23.8 Å². The van der Waals surface area contributed by atoms with E-state index in [4.69, 9.17) is 10.2 Å². The molecule has 3 aromatic rings. The molecule has 6 heteroatoms. The van der Waals surface area contributed by atoms with Crippen molar-refractivity contribution in [2.24, 2.45) is 0 Å². The molecule has 0 saturated carbocycles. The number of rotatable bonds is 1. The summed E-state index contributed by atoms with van der Waals surface area (Å²) in [5.74, 6) is -0.428. The smallest absolute Gasteiger partial charge is 0.197 e. The Kier molecular flexibility index (Phi) is 2.72. The average molecular weight is 285 g/mol. The molecule has 0 fully saturated rings. The third kappa shape index (κ3) is 2.12. The largest absolute Gasteiger partial charge is 0.508 e. The van der Waals surface area contributed by atoms with Crippen LogP contribution in [-0.2, 0) is 0 Å². The van der Waals surface area contributed by atoms with Crippen LogP contribution in [0.4, 0.5) is 5.69 Å². The molecule has 0 amide bonds. The molecule has 0 aliphatic carbocycles. The van der Waals surface area contributed by atoms with Crippen LogP contribution >= 0.6 is 0 Å². The Hall–Kier alpha value is -3.15. The van der Waals surface area contributed by atoms with Gasteiger partial charge in [0.25, 0.3) is 0 Å². The van der Waals surface area contributed by atoms with Crippen molar-refractivity contribution < 1.29 is 19.7 Å². The van der Waals surface area contributed by atoms with Gasteiger partial charge in [0.2, 0.25) is 0 Å². The topological polar surface area (TPSA) is 117 Å². The summed E-state index contributed by atoms with van der Waals surface area (Å²) in [6.45, 7) is 0. The van der Waals surface area contributed by atoms with Gasteiger partial charge in [-0.25, -0.2) is 0 Å². The lowest BCUT2D eigenvalue weighted by Crippen LogP contribution is -2.00. The van der Waals surface area contributed by atoms with Crippen molar-refractivity contribution in [3.05, 3.63) is 46.6 Å². The normalized spacial score (nSPS) is 10.9. The summed E-state index contributed by atoms with van der Waals surface area (Å²) in [4.78, 5) is 12.1. The molecule has 0 saturated heterocycles. The zero-order valence-electron chi connectivity index (χ0n) is 10.7. The van der Waals surface area contributed by atoms with E-state index in [-0.39, 0.29) is 39.7 Å². The lowest BCUT2D eigenvalue weighted by molar-refractivity contribution is 0.452. The van der Waals surface area contributed by atoms with Crippen LogP contribution in [0.15, 0.2) is 45.6 Å². The Balaban J connectivity index is 2.29. The van der Waals surface area contributed by atoms with Gasteiger partial charge >= 0.3 is 0 Å². The summed E-state index contributed by atoms with van der Waals surface area (Å²) in [5.41, 5.74) is 5.86. The minimum absolute atomic E-state index is 0.0108. The van der Waals surface area contributed by atoms with E-state index < -0.39 is 5.43 Å². The van der Waals surface area contributed by atoms with Gasteiger partial charge in [0.15, 0.2) is 5.43 Å². The van der Waals surface area contributed by atoms with Gasteiger partial charge in [0.05, 0.1) is 5.69 Å². The highest BCUT2D eigenvalue weighted by Crippen LogP contribution is 2.32. The summed E-state index contributed by atoms with van der Waals surface area (Å²) >= 11 is 0. The molecule has 5 N–H and O–H groups in total. The molecule has 106 valence electrons. The number of phenols is 3. The van der Waals surface area contributed by atoms with Gasteiger partial charge in [0.1, 0.15) is 34.0 Å². The van der Waals surface area contributed by atoms with Crippen LogP contribution in [0.5, 0.6) is 17.2 Å². The van der Waals surface area contributed by atoms with E-state index in [1.165, 1.54) is 24.3 Å². The second-order valence-electron chi connectivity index (χ2n) is 4.59. The molecule has 1 heterocycles. The van der Waals surface area contributed by atoms with E-state index in [9.17, 15) is 20.1 Å². The number of hydrogen-bond acceptors (Lipinski definition) is 6. The lowest BCUT2D eigenvalue weighted by atomic mass is 10.1. The van der Waals surface area contributed by atoms with Crippen molar-refractivity contribution in [3.63, 3.8) is 0 Å². The quantitative estimate of drug-likeness (QED) is 0.402. The second-order valence-corrected chi connectivity index (χ2v) is 4.59. The van der Waals surface area contributed by atoms with E-state index in [2.05, 4.69) is 0 Å². The number of fused-ring (bicyclic) bond motifs is 1. The van der Waals surface area contributed by atoms with E-state index in [1.54, 1.807) is 6.07 Å². The highest BCUT2D eigenvalue weighted by molar-refractivity contribution is 5.86. The molecule has 1 aromatic heterocycles. The van der Waals surface area contributed by atoms with E-state index in [1.807, 2.05) is 0 Å². The Labute approximate surface area is 118 Å². The Morgan fingerprint density at radius 3 is 2.43 bits per heavy atom. The van der Waals surface area contributed by atoms with Crippen LogP contribution in [0, 0.1) is 0 Å². The predicted octanol–water partition coefficient (Wildman–Crippen LogP) is 2.16. The second kappa shape index (κ2) is 4.45. The van der Waals surface area contributed by atoms with Gasteiger partial charge in [-0.1, -0.05) is 0 Å². The predicted molar refractivity (Wildman–Crippen MR) is 77.3 cm³/mol. The van der Waals surface area contributed by atoms with Crippen molar-refractivity contribution in [3.8, 4) is 28.6 Å². The van der Waals surface area contributed by atoms with Crippen LogP contribution < -0.4 is 11.2 Å². The number of nitrogen functional groups attached to an aromatic ring is 1. The molecule has 0 spiro atoms. The number of hydrogen-bond donors (Lipinski definition) is 4. The zero-order valence-corrected chi connectivity index (χ0v) is 10.7. The first-order chi connectivity index (χ1) is 9.95. The standard InChI is InChI=1S/C15H11NO5/c16-9-3-7(1-2-10(9)18)13-6-12(20)15-11(19)4-8(17)5-14(15)21-13/h1-6,17-19H,16H2. The number of nitrogens with two attached hydrogens (primary N) is 1. The molecule has 0 radical (unpaired) electrons. The maximum Gasteiger partial charge on any atom is 0.197 e. The Morgan fingerprint density at radius 2 is 1.71 bits per heavy atom. The number of aromatic hydroxyl groups is 3. The Bertz CT molecular complexity index is 914. The monoisotopic (exact) mass is 285 g/mol. The van der Waals surface area contributed by atoms with Crippen LogP contribution in [0.2, 0.25) is 0 Å². The van der Waals surface area contributed by atoms with Gasteiger partial charge in [-0.15, -0.1) is 0 Å². The summed E-state index contributed by atoms with van der Waals surface area (Å²) in [7, 11) is 0. The average Bonchev–Trinajstić information content (AvgIpc) is 2.40. The molecule has 2 aromatic carbocycles. The fourth-order valence-corrected chi connectivity index (χ4v) is 2.10. The minimum Gasteiger partial charge on any atom is -0.508 e. The molecule has 21 heavy (non-hydrogen) atoms. The van der Waals surface area contributed by atoms with Crippen LogP contribution in [0.1, 0.15) is 0 Å². The van der Waals surface area contributed by atoms with Crippen LogP contribution in [-0.4, -0.2) is 15.3 Å². The first-order valence-electron chi connectivity index (χ1n) is 6.04. The van der Waals surface area contributed by atoms with Gasteiger partial charge < -0.3 is 25.5 Å². The van der Waals surface area contributed by atoms with Crippen LogP contribution in [0.25, 0.3) is 22.3 Å². The third-order valence-corrected chi connectivity index (χ3v) is 3.11. The molecular weight excluding hydrogens is 274 g/mol. The maximum absolute atomic E-state index is 12.1. The van der Waals surface area contributed by atoms with E-state index in [0.717, 1.165) is 6.07 Å². The van der Waals surface area contributed by atoms with Crippen molar-refractivity contribution >= 4 is 16.7 Å². The highest BCUT2D eigenvalue weighted by atomic mass is 16.3. The van der Waals surface area contributed by atoms with Crippen molar-refractivity contribution in [1.29, 1.82) is 0 Å². The maximum atomic E-state index is 12.1. The number of phenolic OH excluding ortho intramolecular Hbond substituents is 3. The van der Waals surface area contributed by atoms with E-state index >= 15 is 0 Å².